The Labute approximate surface area is 182 Å². The highest BCUT2D eigenvalue weighted by molar-refractivity contribution is 5.92. The minimum atomic E-state index is -0.125. The Hall–Kier alpha value is -3.61. The number of nitrogens with one attached hydrogen (secondary N) is 1. The van der Waals surface area contributed by atoms with Gasteiger partial charge in [0.25, 0.3) is 0 Å². The Bertz CT molecular complexity index is 961. The molecule has 1 N–H and O–H groups in total. The maximum atomic E-state index is 12.6. The van der Waals surface area contributed by atoms with Gasteiger partial charge < -0.3 is 19.9 Å². The van der Waals surface area contributed by atoms with E-state index in [-0.39, 0.29) is 17.7 Å². The first-order valence-electron chi connectivity index (χ1n) is 10.2. The summed E-state index contributed by atoms with van der Waals surface area (Å²) in [6.07, 6.45) is 3.61. The maximum Gasteiger partial charge on any atom is 0.246 e. The van der Waals surface area contributed by atoms with Crippen LogP contribution in [0.25, 0.3) is 6.08 Å². The molecule has 0 aromatic heterocycles. The van der Waals surface area contributed by atoms with Gasteiger partial charge in [0.05, 0.1) is 13.5 Å². The molecule has 7 nitrogen and oxygen atoms in total. The molecule has 7 heteroatoms. The SMILES string of the molecule is COc1cccc(CC(=O)N2CCN(C(=O)/C=C/c3ccc(NC(C)=O)cc3)CC2)c1. The van der Waals surface area contributed by atoms with Crippen molar-refractivity contribution in [1.82, 2.24) is 9.80 Å². The normalized spacial score (nSPS) is 13.9. The van der Waals surface area contributed by atoms with E-state index in [0.717, 1.165) is 16.9 Å². The molecule has 2 aromatic carbocycles. The average Bonchev–Trinajstić information content (AvgIpc) is 2.78. The molecule has 1 saturated heterocycles. The first-order valence-corrected chi connectivity index (χ1v) is 10.2. The molecule has 0 bridgehead atoms. The molecule has 162 valence electrons. The third kappa shape index (κ3) is 6.44. The van der Waals surface area contributed by atoms with Crippen molar-refractivity contribution in [3.8, 4) is 5.75 Å². The van der Waals surface area contributed by atoms with Gasteiger partial charge in [-0.3, -0.25) is 14.4 Å². The van der Waals surface area contributed by atoms with E-state index in [0.29, 0.717) is 38.3 Å². The Kier molecular flexibility index (Phi) is 7.43. The van der Waals surface area contributed by atoms with Crippen LogP contribution in [-0.4, -0.2) is 60.8 Å². The maximum absolute atomic E-state index is 12.6. The summed E-state index contributed by atoms with van der Waals surface area (Å²) < 4.78 is 5.21. The lowest BCUT2D eigenvalue weighted by molar-refractivity contribution is -0.136. The number of hydrogen-bond acceptors (Lipinski definition) is 4. The predicted molar refractivity (Wildman–Crippen MR) is 120 cm³/mol. The molecule has 31 heavy (non-hydrogen) atoms. The van der Waals surface area contributed by atoms with Crippen molar-refractivity contribution in [3.05, 3.63) is 65.7 Å². The van der Waals surface area contributed by atoms with E-state index in [1.807, 2.05) is 36.4 Å². The Morgan fingerprint density at radius 1 is 1.00 bits per heavy atom. The highest BCUT2D eigenvalue weighted by Gasteiger charge is 2.23. The molecule has 2 aromatic rings. The summed E-state index contributed by atoms with van der Waals surface area (Å²) in [5.74, 6) is 0.581. The monoisotopic (exact) mass is 421 g/mol. The number of carbonyl (C=O) groups is 3. The van der Waals surface area contributed by atoms with Crippen molar-refractivity contribution < 1.29 is 19.1 Å². The van der Waals surface area contributed by atoms with Crippen LogP contribution in [0.4, 0.5) is 5.69 Å². The number of carbonyl (C=O) groups excluding carboxylic acids is 3. The van der Waals surface area contributed by atoms with Crippen molar-refractivity contribution in [2.24, 2.45) is 0 Å². The Morgan fingerprint density at radius 2 is 1.68 bits per heavy atom. The third-order valence-corrected chi connectivity index (χ3v) is 5.08. The zero-order chi connectivity index (χ0) is 22.2. The number of anilines is 1. The number of nitrogens with zero attached hydrogens (tertiary/aromatic N) is 2. The molecule has 1 aliphatic rings. The van der Waals surface area contributed by atoms with Gasteiger partial charge in [-0.25, -0.2) is 0 Å². The molecule has 0 aliphatic carbocycles. The van der Waals surface area contributed by atoms with Crippen LogP contribution >= 0.6 is 0 Å². The summed E-state index contributed by atoms with van der Waals surface area (Å²) in [5, 5.41) is 2.71. The quantitative estimate of drug-likeness (QED) is 0.727. The minimum Gasteiger partial charge on any atom is -0.497 e. The number of piperazine rings is 1. The Morgan fingerprint density at radius 3 is 2.32 bits per heavy atom. The standard InChI is InChI=1S/C24H27N3O4/c1-18(28)25-21-9-6-19(7-10-21)8-11-23(29)26-12-14-27(15-13-26)24(30)17-20-4-3-5-22(16-20)31-2/h3-11,16H,12-15,17H2,1-2H3,(H,25,28)/b11-8+. The van der Waals surface area contributed by atoms with Crippen molar-refractivity contribution in [2.75, 3.05) is 38.6 Å². The summed E-state index contributed by atoms with van der Waals surface area (Å²) in [4.78, 5) is 39.7. The topological polar surface area (TPSA) is 79.0 Å². The number of amides is 3. The first kappa shape index (κ1) is 22.1. The lowest BCUT2D eigenvalue weighted by Gasteiger charge is -2.34. The highest BCUT2D eigenvalue weighted by atomic mass is 16.5. The summed E-state index contributed by atoms with van der Waals surface area (Å²) >= 11 is 0. The van der Waals surface area contributed by atoms with Gasteiger partial charge in [-0.1, -0.05) is 24.3 Å². The van der Waals surface area contributed by atoms with Crippen LogP contribution in [-0.2, 0) is 20.8 Å². The minimum absolute atomic E-state index is 0.0511. The molecular weight excluding hydrogens is 394 g/mol. The van der Waals surface area contributed by atoms with Gasteiger partial charge in [0.2, 0.25) is 17.7 Å². The fourth-order valence-corrected chi connectivity index (χ4v) is 3.40. The van der Waals surface area contributed by atoms with Gasteiger partial charge >= 0.3 is 0 Å². The van der Waals surface area contributed by atoms with Gasteiger partial charge in [-0.05, 0) is 41.5 Å². The first-order chi connectivity index (χ1) is 14.9. The molecule has 1 fully saturated rings. The largest absolute Gasteiger partial charge is 0.497 e. The van der Waals surface area contributed by atoms with Crippen molar-refractivity contribution in [3.63, 3.8) is 0 Å². The van der Waals surface area contributed by atoms with Crippen LogP contribution in [0.1, 0.15) is 18.1 Å². The second-order valence-corrected chi connectivity index (χ2v) is 7.37. The van der Waals surface area contributed by atoms with E-state index in [1.165, 1.54) is 6.92 Å². The molecule has 0 atom stereocenters. The van der Waals surface area contributed by atoms with Crippen molar-refractivity contribution in [2.45, 2.75) is 13.3 Å². The molecule has 0 unspecified atom stereocenters. The number of ether oxygens (including phenoxy) is 1. The van der Waals surface area contributed by atoms with E-state index in [4.69, 9.17) is 4.74 Å². The molecule has 0 spiro atoms. The predicted octanol–water partition coefficient (Wildman–Crippen LogP) is 2.58. The summed E-state index contributed by atoms with van der Waals surface area (Å²) in [5.41, 5.74) is 2.50. The zero-order valence-electron chi connectivity index (χ0n) is 17.8. The third-order valence-electron chi connectivity index (χ3n) is 5.08. The van der Waals surface area contributed by atoms with Crippen molar-refractivity contribution in [1.29, 1.82) is 0 Å². The molecule has 3 rings (SSSR count). The lowest BCUT2D eigenvalue weighted by atomic mass is 10.1. The van der Waals surface area contributed by atoms with Gasteiger partial charge in [0, 0.05) is 44.9 Å². The van der Waals surface area contributed by atoms with Crippen LogP contribution in [0, 0.1) is 0 Å². The van der Waals surface area contributed by atoms with Gasteiger partial charge in [-0.15, -0.1) is 0 Å². The van der Waals surface area contributed by atoms with Gasteiger partial charge in [-0.2, -0.15) is 0 Å². The number of methoxy groups -OCH3 is 1. The van der Waals surface area contributed by atoms with Crippen LogP contribution in [0.5, 0.6) is 5.75 Å². The van der Waals surface area contributed by atoms with Gasteiger partial charge in [0.1, 0.15) is 5.75 Å². The Balaban J connectivity index is 1.48. The number of hydrogen-bond donors (Lipinski definition) is 1. The second kappa shape index (κ2) is 10.4. The fourth-order valence-electron chi connectivity index (χ4n) is 3.40. The lowest BCUT2D eigenvalue weighted by Crippen LogP contribution is -2.50. The van der Waals surface area contributed by atoms with E-state index >= 15 is 0 Å². The summed E-state index contributed by atoms with van der Waals surface area (Å²) in [6.45, 7) is 3.52. The molecule has 0 saturated carbocycles. The van der Waals surface area contributed by atoms with Crippen LogP contribution in [0.3, 0.4) is 0 Å². The van der Waals surface area contributed by atoms with E-state index < -0.39 is 0 Å². The molecule has 0 radical (unpaired) electrons. The molecule has 1 heterocycles. The zero-order valence-corrected chi connectivity index (χ0v) is 17.8. The highest BCUT2D eigenvalue weighted by Crippen LogP contribution is 2.15. The number of benzene rings is 2. The van der Waals surface area contributed by atoms with Crippen LogP contribution in [0.2, 0.25) is 0 Å². The van der Waals surface area contributed by atoms with Gasteiger partial charge in [0.15, 0.2) is 0 Å². The van der Waals surface area contributed by atoms with E-state index in [9.17, 15) is 14.4 Å². The van der Waals surface area contributed by atoms with Crippen LogP contribution in [0.15, 0.2) is 54.6 Å². The molecular formula is C24H27N3O4. The van der Waals surface area contributed by atoms with Crippen molar-refractivity contribution >= 4 is 29.5 Å². The number of rotatable bonds is 6. The average molecular weight is 421 g/mol. The smallest absolute Gasteiger partial charge is 0.246 e. The van der Waals surface area contributed by atoms with E-state index in [2.05, 4.69) is 5.32 Å². The second-order valence-electron chi connectivity index (χ2n) is 7.37. The van der Waals surface area contributed by atoms with Crippen LogP contribution < -0.4 is 10.1 Å². The van der Waals surface area contributed by atoms with E-state index in [1.54, 1.807) is 41.2 Å². The summed E-state index contributed by atoms with van der Waals surface area (Å²) in [7, 11) is 1.60. The molecule has 1 aliphatic heterocycles. The fraction of sp³-hybridized carbons (Fsp3) is 0.292. The summed E-state index contributed by atoms with van der Waals surface area (Å²) in [6, 6.07) is 14.8. The molecule has 3 amide bonds.